The predicted octanol–water partition coefficient (Wildman–Crippen LogP) is 2.00. The fourth-order valence-electron chi connectivity index (χ4n) is 2.87. The summed E-state index contributed by atoms with van der Waals surface area (Å²) in [5, 5.41) is 6.89. The van der Waals surface area contributed by atoms with Crippen molar-refractivity contribution in [3.05, 3.63) is 91.5 Å². The molecular formula is C21H20ClFN4O4. The van der Waals surface area contributed by atoms with Crippen LogP contribution in [0.3, 0.4) is 0 Å². The summed E-state index contributed by atoms with van der Waals surface area (Å²) < 4.78 is 20.8. The van der Waals surface area contributed by atoms with Gasteiger partial charge in [0, 0.05) is 30.8 Å². The normalized spacial score (nSPS) is 10.8. The lowest BCUT2D eigenvalue weighted by Gasteiger charge is -2.13. The zero-order valence-corrected chi connectivity index (χ0v) is 17.4. The van der Waals surface area contributed by atoms with E-state index in [1.807, 2.05) is 0 Å². The van der Waals surface area contributed by atoms with E-state index in [4.69, 9.17) is 16.3 Å². The summed E-state index contributed by atoms with van der Waals surface area (Å²) in [4.78, 5) is 38.6. The van der Waals surface area contributed by atoms with Crippen LogP contribution in [-0.2, 0) is 11.3 Å². The smallest absolute Gasteiger partial charge is 0.352 e. The highest BCUT2D eigenvalue weighted by Gasteiger charge is 2.21. The summed E-state index contributed by atoms with van der Waals surface area (Å²) in [7, 11) is 1.53. The van der Waals surface area contributed by atoms with Crippen molar-refractivity contribution >= 4 is 17.5 Å². The summed E-state index contributed by atoms with van der Waals surface area (Å²) in [6.45, 7) is 0.308. The number of nitrogens with zero attached hydrogens (tertiary/aromatic N) is 3. The van der Waals surface area contributed by atoms with Gasteiger partial charge in [0.05, 0.1) is 12.2 Å². The Kier molecular flexibility index (Phi) is 7.32. The van der Waals surface area contributed by atoms with Crippen molar-refractivity contribution in [1.29, 1.82) is 0 Å². The lowest BCUT2D eigenvalue weighted by Crippen LogP contribution is -2.46. The fraction of sp³-hybridized carbons (Fsp3) is 0.238. The molecule has 0 atom stereocenters. The molecule has 1 N–H and O–H groups in total. The number of aromatic nitrogens is 3. The monoisotopic (exact) mass is 446 g/mol. The second-order valence-electron chi connectivity index (χ2n) is 6.61. The Labute approximate surface area is 181 Å². The molecule has 1 aromatic heterocycles. The number of nitrogens with one attached hydrogen (secondary N) is 1. The first-order valence-corrected chi connectivity index (χ1v) is 9.81. The minimum atomic E-state index is -0.921. The van der Waals surface area contributed by atoms with E-state index < -0.39 is 28.7 Å². The SMILES string of the molecule is COCCCNC(=O)c1nn(-c2cccc(Cl)c2)c(=O)n(Cc2ccccc2F)c1=O. The first kappa shape index (κ1) is 22.4. The van der Waals surface area contributed by atoms with Crippen LogP contribution in [0.5, 0.6) is 0 Å². The molecule has 1 amide bonds. The van der Waals surface area contributed by atoms with Gasteiger partial charge in [0.15, 0.2) is 0 Å². The number of benzene rings is 2. The molecule has 0 saturated heterocycles. The van der Waals surface area contributed by atoms with Gasteiger partial charge in [-0.2, -0.15) is 9.78 Å². The number of halogens is 2. The van der Waals surface area contributed by atoms with Crippen LogP contribution in [0.1, 0.15) is 22.5 Å². The molecular weight excluding hydrogens is 427 g/mol. The average Bonchev–Trinajstić information content (AvgIpc) is 2.75. The molecule has 0 aliphatic heterocycles. The lowest BCUT2D eigenvalue weighted by atomic mass is 10.2. The predicted molar refractivity (Wildman–Crippen MR) is 113 cm³/mol. The highest BCUT2D eigenvalue weighted by atomic mass is 35.5. The molecule has 31 heavy (non-hydrogen) atoms. The van der Waals surface area contributed by atoms with Gasteiger partial charge in [0.1, 0.15) is 5.82 Å². The van der Waals surface area contributed by atoms with Crippen molar-refractivity contribution in [2.45, 2.75) is 13.0 Å². The maximum atomic E-state index is 14.2. The van der Waals surface area contributed by atoms with Gasteiger partial charge in [-0.3, -0.25) is 14.2 Å². The maximum absolute atomic E-state index is 14.2. The van der Waals surface area contributed by atoms with Crippen molar-refractivity contribution in [1.82, 2.24) is 19.7 Å². The van der Waals surface area contributed by atoms with E-state index in [9.17, 15) is 18.8 Å². The third-order valence-electron chi connectivity index (χ3n) is 4.42. The zero-order chi connectivity index (χ0) is 22.4. The van der Waals surface area contributed by atoms with Crippen LogP contribution in [-0.4, -0.2) is 40.5 Å². The van der Waals surface area contributed by atoms with Gasteiger partial charge in [0.25, 0.3) is 11.5 Å². The third kappa shape index (κ3) is 5.25. The number of carbonyl (C=O) groups excluding carboxylic acids is 1. The van der Waals surface area contributed by atoms with E-state index in [1.165, 1.54) is 31.4 Å². The first-order valence-electron chi connectivity index (χ1n) is 9.43. The molecule has 3 rings (SSSR count). The summed E-state index contributed by atoms with van der Waals surface area (Å²) >= 11 is 6.02. The maximum Gasteiger partial charge on any atom is 0.352 e. The third-order valence-corrected chi connectivity index (χ3v) is 4.66. The molecule has 8 nitrogen and oxygen atoms in total. The molecule has 0 aliphatic carbocycles. The lowest BCUT2D eigenvalue weighted by molar-refractivity contribution is 0.0938. The van der Waals surface area contributed by atoms with Crippen LogP contribution < -0.4 is 16.6 Å². The van der Waals surface area contributed by atoms with Crippen LogP contribution in [0, 0.1) is 5.82 Å². The molecule has 162 valence electrons. The highest BCUT2D eigenvalue weighted by molar-refractivity contribution is 6.30. The van der Waals surface area contributed by atoms with Crippen LogP contribution in [0.25, 0.3) is 5.69 Å². The number of carbonyl (C=O) groups is 1. The Morgan fingerprint density at radius 1 is 1.19 bits per heavy atom. The Bertz CT molecular complexity index is 1210. The second-order valence-corrected chi connectivity index (χ2v) is 7.04. The van der Waals surface area contributed by atoms with E-state index >= 15 is 0 Å². The number of hydrogen-bond donors (Lipinski definition) is 1. The molecule has 2 aromatic carbocycles. The molecule has 0 saturated carbocycles. The number of methoxy groups -OCH3 is 1. The standard InChI is InChI=1S/C21H20ClFN4O4/c1-31-11-5-10-24-19(28)18-20(29)26(13-14-6-2-3-9-17(14)23)21(30)27(25-18)16-8-4-7-15(22)12-16/h2-4,6-9,12H,5,10-11,13H2,1H3,(H,24,28). The summed E-state index contributed by atoms with van der Waals surface area (Å²) in [6.07, 6.45) is 0.527. The molecule has 0 spiro atoms. The van der Waals surface area contributed by atoms with E-state index in [2.05, 4.69) is 10.4 Å². The summed E-state index contributed by atoms with van der Waals surface area (Å²) in [5.41, 5.74) is -1.86. The summed E-state index contributed by atoms with van der Waals surface area (Å²) in [6, 6.07) is 12.0. The minimum absolute atomic E-state index is 0.122. The quantitative estimate of drug-likeness (QED) is 0.534. The Morgan fingerprint density at radius 2 is 1.97 bits per heavy atom. The number of amides is 1. The van der Waals surface area contributed by atoms with Crippen LogP contribution >= 0.6 is 11.6 Å². The average molecular weight is 447 g/mol. The highest BCUT2D eigenvalue weighted by Crippen LogP contribution is 2.13. The minimum Gasteiger partial charge on any atom is -0.385 e. The number of hydrogen-bond acceptors (Lipinski definition) is 5. The van der Waals surface area contributed by atoms with Crippen LogP contribution in [0.2, 0.25) is 5.02 Å². The first-order chi connectivity index (χ1) is 14.9. The molecule has 0 fully saturated rings. The zero-order valence-electron chi connectivity index (χ0n) is 16.7. The van der Waals surface area contributed by atoms with Gasteiger partial charge in [-0.25, -0.2) is 9.18 Å². The van der Waals surface area contributed by atoms with Crippen LogP contribution in [0.15, 0.2) is 58.1 Å². The van der Waals surface area contributed by atoms with E-state index in [1.54, 1.807) is 24.3 Å². The summed E-state index contributed by atoms with van der Waals surface area (Å²) in [5.74, 6) is -1.33. The van der Waals surface area contributed by atoms with Crippen molar-refractivity contribution in [2.24, 2.45) is 0 Å². The van der Waals surface area contributed by atoms with Crippen molar-refractivity contribution < 1.29 is 13.9 Å². The Morgan fingerprint density at radius 3 is 2.68 bits per heavy atom. The van der Waals surface area contributed by atoms with Gasteiger partial charge in [0.2, 0.25) is 5.69 Å². The fourth-order valence-corrected chi connectivity index (χ4v) is 3.06. The van der Waals surface area contributed by atoms with Gasteiger partial charge in [-0.1, -0.05) is 35.9 Å². The van der Waals surface area contributed by atoms with E-state index in [-0.39, 0.29) is 24.3 Å². The Balaban J connectivity index is 2.11. The van der Waals surface area contributed by atoms with Gasteiger partial charge < -0.3 is 10.1 Å². The van der Waals surface area contributed by atoms with Crippen molar-refractivity contribution in [2.75, 3.05) is 20.3 Å². The Hall–Kier alpha value is -3.30. The molecule has 0 bridgehead atoms. The van der Waals surface area contributed by atoms with Gasteiger partial charge in [-0.15, -0.1) is 0 Å². The second kappa shape index (κ2) is 10.1. The van der Waals surface area contributed by atoms with E-state index in [0.29, 0.717) is 18.1 Å². The number of ether oxygens (including phenoxy) is 1. The molecule has 0 radical (unpaired) electrons. The topological polar surface area (TPSA) is 95.2 Å². The molecule has 3 aromatic rings. The molecule has 10 heteroatoms. The van der Waals surface area contributed by atoms with Gasteiger partial charge in [-0.05, 0) is 30.7 Å². The van der Waals surface area contributed by atoms with Crippen molar-refractivity contribution in [3.8, 4) is 5.69 Å². The van der Waals surface area contributed by atoms with E-state index in [0.717, 1.165) is 9.25 Å². The largest absolute Gasteiger partial charge is 0.385 e. The molecule has 1 heterocycles. The molecule has 0 unspecified atom stereocenters. The van der Waals surface area contributed by atoms with Crippen molar-refractivity contribution in [3.63, 3.8) is 0 Å². The van der Waals surface area contributed by atoms with Crippen LogP contribution in [0.4, 0.5) is 4.39 Å². The molecule has 0 aliphatic rings. The number of rotatable bonds is 8. The van der Waals surface area contributed by atoms with Gasteiger partial charge >= 0.3 is 5.69 Å².